The molecule has 3 aromatic rings. The number of piperidine rings is 1. The van der Waals surface area contributed by atoms with Crippen molar-refractivity contribution >= 4 is 28.7 Å². The lowest BCUT2D eigenvalue weighted by molar-refractivity contribution is 0.0927. The maximum atomic E-state index is 12.6. The first-order valence-corrected chi connectivity index (χ1v) is 11.7. The Labute approximate surface area is 188 Å². The number of anilines is 3. The second-order valence-electron chi connectivity index (χ2n) is 8.84. The zero-order chi connectivity index (χ0) is 21.8. The average Bonchev–Trinajstić information content (AvgIpc) is 3.30. The van der Waals surface area contributed by atoms with Crippen LogP contribution in [0.1, 0.15) is 55.3 Å². The third-order valence-electron chi connectivity index (χ3n) is 6.37. The van der Waals surface area contributed by atoms with Crippen molar-refractivity contribution in [2.24, 2.45) is 0 Å². The van der Waals surface area contributed by atoms with Gasteiger partial charge in [0.25, 0.3) is 5.91 Å². The largest absolute Gasteiger partial charge is 0.365 e. The van der Waals surface area contributed by atoms with Crippen molar-refractivity contribution in [1.29, 1.82) is 0 Å². The Morgan fingerprint density at radius 2 is 1.84 bits per heavy atom. The summed E-state index contributed by atoms with van der Waals surface area (Å²) < 4.78 is 1.78. The van der Waals surface area contributed by atoms with Crippen molar-refractivity contribution in [2.75, 3.05) is 23.7 Å². The molecule has 168 valence electrons. The molecule has 2 aliphatic rings. The molecule has 2 aromatic heterocycles. The van der Waals surface area contributed by atoms with E-state index in [1.807, 2.05) is 36.5 Å². The molecule has 5 rings (SSSR count). The van der Waals surface area contributed by atoms with Crippen molar-refractivity contribution in [3.63, 3.8) is 0 Å². The summed E-state index contributed by atoms with van der Waals surface area (Å²) in [5.74, 6) is 0.825. The number of benzene rings is 1. The van der Waals surface area contributed by atoms with Crippen molar-refractivity contribution in [2.45, 2.75) is 57.0 Å². The summed E-state index contributed by atoms with van der Waals surface area (Å²) >= 11 is 0. The molecule has 32 heavy (non-hydrogen) atoms. The number of carbonyl (C=O) groups is 1. The van der Waals surface area contributed by atoms with Gasteiger partial charge in [0, 0.05) is 48.3 Å². The van der Waals surface area contributed by atoms with Gasteiger partial charge in [-0.3, -0.25) is 4.79 Å². The van der Waals surface area contributed by atoms with Gasteiger partial charge in [0.05, 0.1) is 5.69 Å². The maximum Gasteiger partial charge on any atom is 0.251 e. The highest BCUT2D eigenvalue weighted by Gasteiger charge is 2.17. The maximum absolute atomic E-state index is 12.6. The molecule has 2 fully saturated rings. The summed E-state index contributed by atoms with van der Waals surface area (Å²) in [5.41, 5.74) is 3.22. The third kappa shape index (κ3) is 4.85. The number of rotatable bonds is 6. The van der Waals surface area contributed by atoms with Gasteiger partial charge in [0.1, 0.15) is 5.82 Å². The molecule has 1 saturated carbocycles. The molecule has 1 amide bonds. The van der Waals surface area contributed by atoms with Gasteiger partial charge in [-0.15, -0.1) is 5.10 Å². The molecule has 1 saturated heterocycles. The fraction of sp³-hybridized carbons (Fsp3) is 0.458. The van der Waals surface area contributed by atoms with E-state index in [4.69, 9.17) is 0 Å². The molecule has 1 aliphatic heterocycles. The van der Waals surface area contributed by atoms with Crippen LogP contribution in [0.15, 0.2) is 42.7 Å². The van der Waals surface area contributed by atoms with E-state index in [-0.39, 0.29) is 5.91 Å². The first kappa shape index (κ1) is 20.8. The van der Waals surface area contributed by atoms with Gasteiger partial charge in [0.15, 0.2) is 5.65 Å². The first-order chi connectivity index (χ1) is 15.7. The Morgan fingerprint density at radius 1 is 1.03 bits per heavy atom. The van der Waals surface area contributed by atoms with Crippen molar-refractivity contribution in [3.05, 3.63) is 48.3 Å². The van der Waals surface area contributed by atoms with E-state index in [2.05, 4.69) is 31.3 Å². The number of hydrogen-bond acceptors (Lipinski definition) is 6. The molecule has 0 bridgehead atoms. The Kier molecular flexibility index (Phi) is 6.20. The van der Waals surface area contributed by atoms with E-state index in [0.717, 1.165) is 61.6 Å². The molecule has 8 heteroatoms. The Balaban J connectivity index is 1.29. The predicted molar refractivity (Wildman–Crippen MR) is 127 cm³/mol. The Hall–Kier alpha value is -3.13. The molecule has 0 unspecified atom stereocenters. The summed E-state index contributed by atoms with van der Waals surface area (Å²) in [6, 6.07) is 10.3. The number of amides is 1. The lowest BCUT2D eigenvalue weighted by atomic mass is 9.95. The fourth-order valence-electron chi connectivity index (χ4n) is 4.64. The van der Waals surface area contributed by atoms with Gasteiger partial charge in [-0.25, -0.2) is 9.50 Å². The second kappa shape index (κ2) is 9.56. The Morgan fingerprint density at radius 3 is 2.62 bits per heavy atom. The number of aromatic nitrogens is 3. The molecule has 1 aliphatic carbocycles. The van der Waals surface area contributed by atoms with Crippen LogP contribution >= 0.6 is 0 Å². The van der Waals surface area contributed by atoms with Crippen LogP contribution in [-0.2, 0) is 0 Å². The van der Waals surface area contributed by atoms with Gasteiger partial charge < -0.3 is 21.3 Å². The summed E-state index contributed by atoms with van der Waals surface area (Å²) in [4.78, 5) is 17.0. The van der Waals surface area contributed by atoms with Crippen LogP contribution in [0, 0.1) is 0 Å². The minimum absolute atomic E-state index is 0.00980. The number of hydrogen-bond donors (Lipinski definition) is 4. The topological polar surface area (TPSA) is 95.4 Å². The van der Waals surface area contributed by atoms with Crippen LogP contribution in [0.4, 0.5) is 17.2 Å². The van der Waals surface area contributed by atoms with E-state index in [1.165, 1.54) is 19.3 Å². The smallest absolute Gasteiger partial charge is 0.251 e. The molecule has 1 aromatic carbocycles. The Bertz CT molecular complexity index is 1050. The van der Waals surface area contributed by atoms with Gasteiger partial charge in [-0.05, 0) is 56.5 Å². The van der Waals surface area contributed by atoms with E-state index < -0.39 is 0 Å². The quantitative estimate of drug-likeness (QED) is 0.474. The highest BCUT2D eigenvalue weighted by molar-refractivity contribution is 5.94. The monoisotopic (exact) mass is 433 g/mol. The number of fused-ring (bicyclic) bond motifs is 1. The highest BCUT2D eigenvalue weighted by Crippen LogP contribution is 2.24. The van der Waals surface area contributed by atoms with Gasteiger partial charge in [-0.1, -0.05) is 19.3 Å². The number of carbonyl (C=O) groups excluding carboxylic acids is 1. The van der Waals surface area contributed by atoms with Gasteiger partial charge in [0.2, 0.25) is 0 Å². The van der Waals surface area contributed by atoms with E-state index >= 15 is 0 Å². The minimum Gasteiger partial charge on any atom is -0.365 e. The van der Waals surface area contributed by atoms with Gasteiger partial charge >= 0.3 is 0 Å². The molecule has 0 spiro atoms. The molecular weight excluding hydrogens is 402 g/mol. The number of imidazole rings is 1. The van der Waals surface area contributed by atoms with Crippen molar-refractivity contribution < 1.29 is 4.79 Å². The highest BCUT2D eigenvalue weighted by atomic mass is 16.1. The predicted octanol–water partition coefficient (Wildman–Crippen LogP) is 3.70. The fourth-order valence-corrected chi connectivity index (χ4v) is 4.64. The normalized spacial score (nSPS) is 19.6. The van der Waals surface area contributed by atoms with E-state index in [9.17, 15) is 4.79 Å². The summed E-state index contributed by atoms with van der Waals surface area (Å²) in [6.45, 7) is 2.02. The van der Waals surface area contributed by atoms with Crippen LogP contribution in [0.3, 0.4) is 0 Å². The first-order valence-electron chi connectivity index (χ1n) is 11.7. The third-order valence-corrected chi connectivity index (χ3v) is 6.37. The molecule has 1 atom stereocenters. The molecule has 4 N–H and O–H groups in total. The molecule has 3 heterocycles. The molecular formula is C24H31N7O. The zero-order valence-electron chi connectivity index (χ0n) is 18.3. The van der Waals surface area contributed by atoms with E-state index in [1.54, 1.807) is 10.7 Å². The summed E-state index contributed by atoms with van der Waals surface area (Å²) in [5, 5.41) is 18.2. The lowest BCUT2D eigenvalue weighted by Crippen LogP contribution is -2.38. The SMILES string of the molecule is O=C(NC1CCCCC1)c1ccc(Nc2cc(N[C@H]3CCCNC3)nn3ccnc23)cc1. The number of nitrogens with one attached hydrogen (secondary N) is 4. The van der Waals surface area contributed by atoms with Crippen LogP contribution in [-0.4, -0.2) is 45.7 Å². The standard InChI is InChI=1S/C24H31N7O/c32-24(29-18-5-2-1-3-6-18)17-8-10-19(11-9-17)27-21-15-22(28-20-7-4-12-25-16-20)30-31-14-13-26-23(21)31/h8-11,13-15,18,20,25,27H,1-7,12,16H2,(H,28,30)(H,29,32)/t20-/m0/s1. The lowest BCUT2D eigenvalue weighted by Gasteiger charge is -2.24. The van der Waals surface area contributed by atoms with E-state index in [0.29, 0.717) is 17.6 Å². The van der Waals surface area contributed by atoms with Crippen LogP contribution < -0.4 is 21.3 Å². The van der Waals surface area contributed by atoms with Crippen molar-refractivity contribution in [3.8, 4) is 0 Å². The summed E-state index contributed by atoms with van der Waals surface area (Å²) in [6.07, 6.45) is 11.7. The van der Waals surface area contributed by atoms with Crippen LogP contribution in [0.25, 0.3) is 5.65 Å². The van der Waals surface area contributed by atoms with Crippen LogP contribution in [0.5, 0.6) is 0 Å². The van der Waals surface area contributed by atoms with Gasteiger partial charge in [-0.2, -0.15) is 0 Å². The second-order valence-corrected chi connectivity index (χ2v) is 8.84. The zero-order valence-corrected chi connectivity index (χ0v) is 18.3. The molecule has 8 nitrogen and oxygen atoms in total. The summed E-state index contributed by atoms with van der Waals surface area (Å²) in [7, 11) is 0. The number of nitrogens with zero attached hydrogens (tertiary/aromatic N) is 3. The van der Waals surface area contributed by atoms with Crippen LogP contribution in [0.2, 0.25) is 0 Å². The molecule has 0 radical (unpaired) electrons. The van der Waals surface area contributed by atoms with Crippen molar-refractivity contribution in [1.82, 2.24) is 25.2 Å². The average molecular weight is 434 g/mol. The minimum atomic E-state index is 0.00980.